The Bertz CT molecular complexity index is 352. The summed E-state index contributed by atoms with van der Waals surface area (Å²) in [6, 6.07) is 0. The smallest absolute Gasteiger partial charge is 0.251 e. The summed E-state index contributed by atoms with van der Waals surface area (Å²) in [6.07, 6.45) is 2.51. The van der Waals surface area contributed by atoms with Gasteiger partial charge in [0.25, 0.3) is 5.92 Å². The highest BCUT2D eigenvalue weighted by molar-refractivity contribution is 5.81. The van der Waals surface area contributed by atoms with Gasteiger partial charge in [0.2, 0.25) is 5.91 Å². The van der Waals surface area contributed by atoms with Gasteiger partial charge in [-0.15, -0.1) is 0 Å². The number of carbonyl (C=O) groups is 2. The van der Waals surface area contributed by atoms with Crippen molar-refractivity contribution in [2.24, 2.45) is 11.8 Å². The third-order valence-corrected chi connectivity index (χ3v) is 4.46. The molecule has 0 spiro atoms. The lowest BCUT2D eigenvalue weighted by atomic mass is 9.79. The van der Waals surface area contributed by atoms with Crippen LogP contribution in [0, 0.1) is 11.8 Å². The van der Waals surface area contributed by atoms with Gasteiger partial charge in [-0.25, -0.2) is 8.78 Å². The Morgan fingerprint density at radius 1 is 1.00 bits per heavy atom. The molecule has 2 rings (SSSR count). The first kappa shape index (κ1) is 14.4. The van der Waals surface area contributed by atoms with Crippen molar-refractivity contribution < 1.29 is 18.4 Å². The molecular weight excluding hydrogens is 252 g/mol. The number of carbonyl (C=O) groups excluding carboxylic acids is 2. The molecule has 108 valence electrons. The molecule has 0 aromatic heterocycles. The number of piperidine rings is 1. The molecule has 0 aromatic rings. The van der Waals surface area contributed by atoms with Gasteiger partial charge >= 0.3 is 0 Å². The van der Waals surface area contributed by atoms with Gasteiger partial charge in [-0.1, -0.05) is 0 Å². The highest BCUT2D eigenvalue weighted by Gasteiger charge is 2.38. The van der Waals surface area contributed by atoms with Crippen LogP contribution in [-0.2, 0) is 9.59 Å². The van der Waals surface area contributed by atoms with Crippen molar-refractivity contribution in [3.05, 3.63) is 0 Å². The molecule has 1 saturated carbocycles. The Morgan fingerprint density at radius 3 is 1.95 bits per heavy atom. The van der Waals surface area contributed by atoms with Crippen LogP contribution in [-0.4, -0.2) is 35.6 Å². The fraction of sp³-hybridized carbons (Fsp3) is 0.857. The van der Waals surface area contributed by atoms with E-state index in [-0.39, 0.29) is 49.5 Å². The molecule has 1 saturated heterocycles. The van der Waals surface area contributed by atoms with Crippen LogP contribution in [0.5, 0.6) is 0 Å². The summed E-state index contributed by atoms with van der Waals surface area (Å²) < 4.78 is 26.1. The van der Waals surface area contributed by atoms with Crippen molar-refractivity contribution in [2.75, 3.05) is 13.1 Å². The minimum atomic E-state index is -2.61. The number of Topliss-reactive ketones (excluding diaryl/α,β-unsaturated/α-hetero) is 1. The Morgan fingerprint density at radius 2 is 1.47 bits per heavy atom. The number of likely N-dealkylation sites (tertiary alicyclic amines) is 1. The number of amides is 1. The maximum atomic E-state index is 13.0. The van der Waals surface area contributed by atoms with Crippen molar-refractivity contribution in [2.45, 2.75) is 51.4 Å². The largest absolute Gasteiger partial charge is 0.342 e. The predicted octanol–water partition coefficient (Wildman–Crippen LogP) is 2.64. The van der Waals surface area contributed by atoms with Crippen molar-refractivity contribution >= 4 is 11.7 Å². The standard InChI is InChI=1S/C14H21F2NO2/c1-10(18)11-2-4-12(5-3-11)13(19)17-8-6-14(15,16)7-9-17/h11-12H,2-9H2,1H3/t11-,12-. The minimum absolute atomic E-state index is 0.0116. The van der Waals surface area contributed by atoms with Gasteiger partial charge in [-0.2, -0.15) is 0 Å². The second kappa shape index (κ2) is 5.55. The lowest BCUT2D eigenvalue weighted by Crippen LogP contribution is -2.45. The lowest BCUT2D eigenvalue weighted by Gasteiger charge is -2.35. The zero-order valence-corrected chi connectivity index (χ0v) is 11.3. The summed E-state index contributed by atoms with van der Waals surface area (Å²) in [5.74, 6) is -2.37. The Balaban J connectivity index is 1.83. The molecule has 0 radical (unpaired) electrons. The zero-order chi connectivity index (χ0) is 14.0. The fourth-order valence-electron chi connectivity index (χ4n) is 3.06. The van der Waals surface area contributed by atoms with E-state index in [2.05, 4.69) is 0 Å². The minimum Gasteiger partial charge on any atom is -0.342 e. The number of rotatable bonds is 2. The average molecular weight is 273 g/mol. The molecular formula is C14H21F2NO2. The number of ketones is 1. The summed E-state index contributed by atoms with van der Waals surface area (Å²) in [7, 11) is 0. The first-order valence-corrected chi connectivity index (χ1v) is 7.06. The molecule has 1 aliphatic carbocycles. The maximum Gasteiger partial charge on any atom is 0.251 e. The van der Waals surface area contributed by atoms with Crippen LogP contribution in [0.1, 0.15) is 45.4 Å². The van der Waals surface area contributed by atoms with Gasteiger partial charge in [-0.3, -0.25) is 9.59 Å². The van der Waals surface area contributed by atoms with E-state index in [4.69, 9.17) is 0 Å². The van der Waals surface area contributed by atoms with Crippen LogP contribution in [0.3, 0.4) is 0 Å². The molecule has 1 heterocycles. The molecule has 1 aliphatic heterocycles. The van der Waals surface area contributed by atoms with E-state index in [0.717, 1.165) is 25.7 Å². The third-order valence-electron chi connectivity index (χ3n) is 4.46. The molecule has 0 bridgehead atoms. The Labute approximate surface area is 112 Å². The SMILES string of the molecule is CC(=O)[C@H]1CC[C@H](C(=O)N2CCC(F)(F)CC2)CC1. The molecule has 19 heavy (non-hydrogen) atoms. The van der Waals surface area contributed by atoms with Gasteiger partial charge in [-0.05, 0) is 32.6 Å². The summed E-state index contributed by atoms with van der Waals surface area (Å²) in [5.41, 5.74) is 0. The summed E-state index contributed by atoms with van der Waals surface area (Å²) in [6.45, 7) is 1.93. The van der Waals surface area contributed by atoms with Crippen LogP contribution in [0.2, 0.25) is 0 Å². The molecule has 0 N–H and O–H groups in total. The van der Waals surface area contributed by atoms with E-state index >= 15 is 0 Å². The number of alkyl halides is 2. The quantitative estimate of drug-likeness (QED) is 0.775. The van der Waals surface area contributed by atoms with Crippen LogP contribution in [0.4, 0.5) is 8.78 Å². The fourth-order valence-corrected chi connectivity index (χ4v) is 3.06. The third kappa shape index (κ3) is 3.51. The second-order valence-electron chi connectivity index (χ2n) is 5.84. The molecule has 5 heteroatoms. The van der Waals surface area contributed by atoms with E-state index in [1.807, 2.05) is 0 Å². The highest BCUT2D eigenvalue weighted by Crippen LogP contribution is 2.33. The number of nitrogens with zero attached hydrogens (tertiary/aromatic N) is 1. The van der Waals surface area contributed by atoms with Crippen LogP contribution in [0.25, 0.3) is 0 Å². The molecule has 0 unspecified atom stereocenters. The number of hydrogen-bond acceptors (Lipinski definition) is 2. The summed E-state index contributed by atoms with van der Waals surface area (Å²) in [5, 5.41) is 0. The molecule has 3 nitrogen and oxygen atoms in total. The van der Waals surface area contributed by atoms with Gasteiger partial charge in [0.05, 0.1) is 0 Å². The van der Waals surface area contributed by atoms with E-state index in [1.165, 1.54) is 0 Å². The van der Waals surface area contributed by atoms with Gasteiger partial charge in [0, 0.05) is 37.8 Å². The van der Waals surface area contributed by atoms with E-state index < -0.39 is 5.92 Å². The topological polar surface area (TPSA) is 37.4 Å². The van der Waals surface area contributed by atoms with E-state index in [1.54, 1.807) is 11.8 Å². The van der Waals surface area contributed by atoms with Crippen LogP contribution >= 0.6 is 0 Å². The molecule has 1 amide bonds. The Kier molecular flexibility index (Phi) is 4.21. The molecule has 2 fully saturated rings. The van der Waals surface area contributed by atoms with Crippen LogP contribution in [0.15, 0.2) is 0 Å². The van der Waals surface area contributed by atoms with Crippen LogP contribution < -0.4 is 0 Å². The monoisotopic (exact) mass is 273 g/mol. The first-order valence-electron chi connectivity index (χ1n) is 7.06. The Hall–Kier alpha value is -1.00. The molecule has 2 aliphatic rings. The van der Waals surface area contributed by atoms with Gasteiger partial charge < -0.3 is 4.90 Å². The maximum absolute atomic E-state index is 13.0. The van der Waals surface area contributed by atoms with Gasteiger partial charge in [0.1, 0.15) is 5.78 Å². The normalized spacial score (nSPS) is 31.0. The predicted molar refractivity (Wildman–Crippen MR) is 66.9 cm³/mol. The summed E-state index contributed by atoms with van der Waals surface area (Å²) >= 11 is 0. The summed E-state index contributed by atoms with van der Waals surface area (Å²) in [4.78, 5) is 25.1. The highest BCUT2D eigenvalue weighted by atomic mass is 19.3. The first-order chi connectivity index (χ1) is 8.89. The van der Waals surface area contributed by atoms with Crippen molar-refractivity contribution in [3.8, 4) is 0 Å². The number of hydrogen-bond donors (Lipinski definition) is 0. The average Bonchev–Trinajstić information content (AvgIpc) is 2.38. The van der Waals surface area contributed by atoms with Crippen molar-refractivity contribution in [3.63, 3.8) is 0 Å². The van der Waals surface area contributed by atoms with Gasteiger partial charge in [0.15, 0.2) is 0 Å². The second-order valence-corrected chi connectivity index (χ2v) is 5.84. The van der Waals surface area contributed by atoms with E-state index in [9.17, 15) is 18.4 Å². The molecule has 0 atom stereocenters. The molecule has 0 aromatic carbocycles. The lowest BCUT2D eigenvalue weighted by molar-refractivity contribution is -0.143. The van der Waals surface area contributed by atoms with Crippen molar-refractivity contribution in [1.29, 1.82) is 0 Å². The van der Waals surface area contributed by atoms with E-state index in [0.29, 0.717) is 0 Å². The zero-order valence-electron chi connectivity index (χ0n) is 11.3. The van der Waals surface area contributed by atoms with Crippen molar-refractivity contribution in [1.82, 2.24) is 4.90 Å². The number of halogens is 2.